The van der Waals surface area contributed by atoms with Crippen molar-refractivity contribution in [2.75, 3.05) is 39.4 Å². The Bertz CT molecular complexity index is 699. The lowest BCUT2D eigenvalue weighted by atomic mass is 9.95. The van der Waals surface area contributed by atoms with Crippen molar-refractivity contribution in [3.05, 3.63) is 35.4 Å². The summed E-state index contributed by atoms with van der Waals surface area (Å²) in [6.07, 6.45) is 2.27. The number of morpholine rings is 1. The highest BCUT2D eigenvalue weighted by Gasteiger charge is 2.31. The van der Waals surface area contributed by atoms with Gasteiger partial charge < -0.3 is 19.6 Å². The molecule has 2 aliphatic heterocycles. The molecule has 1 N–H and O–H groups in total. The van der Waals surface area contributed by atoms with Gasteiger partial charge >= 0.3 is 5.97 Å². The van der Waals surface area contributed by atoms with E-state index in [9.17, 15) is 19.5 Å². The fourth-order valence-electron chi connectivity index (χ4n) is 3.79. The second-order valence-electron chi connectivity index (χ2n) is 7.08. The van der Waals surface area contributed by atoms with Crippen LogP contribution < -0.4 is 0 Å². The van der Waals surface area contributed by atoms with Crippen LogP contribution in [-0.4, -0.2) is 72.1 Å². The zero-order valence-electron chi connectivity index (χ0n) is 15.4. The lowest BCUT2D eigenvalue weighted by Gasteiger charge is -2.36. The maximum Gasteiger partial charge on any atom is 0.335 e. The fraction of sp³-hybridized carbons (Fsp3) is 0.550. The number of piperidine rings is 1. The normalized spacial score (nSPS) is 20.4. The molecule has 7 heteroatoms. The van der Waals surface area contributed by atoms with Crippen LogP contribution in [0.15, 0.2) is 24.3 Å². The third kappa shape index (κ3) is 4.86. The van der Waals surface area contributed by atoms with E-state index in [0.717, 1.165) is 12.8 Å². The van der Waals surface area contributed by atoms with Crippen LogP contribution in [0.1, 0.15) is 35.2 Å². The van der Waals surface area contributed by atoms with E-state index in [1.165, 1.54) is 0 Å². The number of nitrogens with zero attached hydrogens (tertiary/aromatic N) is 2. The van der Waals surface area contributed by atoms with E-state index >= 15 is 0 Å². The van der Waals surface area contributed by atoms with Gasteiger partial charge in [-0.25, -0.2) is 4.79 Å². The molecule has 2 aliphatic rings. The third-order valence-electron chi connectivity index (χ3n) is 5.30. The highest BCUT2D eigenvalue weighted by Crippen LogP contribution is 2.21. The van der Waals surface area contributed by atoms with Crippen LogP contribution in [-0.2, 0) is 20.7 Å². The van der Waals surface area contributed by atoms with Gasteiger partial charge in [-0.1, -0.05) is 18.2 Å². The second-order valence-corrected chi connectivity index (χ2v) is 7.08. The van der Waals surface area contributed by atoms with Crippen molar-refractivity contribution in [2.45, 2.75) is 25.7 Å². The van der Waals surface area contributed by atoms with Crippen molar-refractivity contribution in [1.29, 1.82) is 0 Å². The molecular weight excluding hydrogens is 348 g/mol. The van der Waals surface area contributed by atoms with Gasteiger partial charge in [0.1, 0.15) is 0 Å². The zero-order chi connectivity index (χ0) is 19.2. The summed E-state index contributed by atoms with van der Waals surface area (Å²) in [6, 6.07) is 6.77. The summed E-state index contributed by atoms with van der Waals surface area (Å²) in [6.45, 7) is 3.50. The van der Waals surface area contributed by atoms with E-state index in [-0.39, 0.29) is 29.7 Å². The molecule has 2 amide bonds. The van der Waals surface area contributed by atoms with Gasteiger partial charge in [0.2, 0.25) is 11.8 Å². The summed E-state index contributed by atoms with van der Waals surface area (Å²) < 4.78 is 5.30. The number of hydrogen-bond donors (Lipinski definition) is 1. The molecule has 1 unspecified atom stereocenters. The number of carboxylic acids is 1. The van der Waals surface area contributed by atoms with Gasteiger partial charge in [-0.2, -0.15) is 0 Å². The Morgan fingerprint density at radius 2 is 1.81 bits per heavy atom. The molecule has 0 aliphatic carbocycles. The van der Waals surface area contributed by atoms with Crippen molar-refractivity contribution in [2.24, 2.45) is 5.92 Å². The minimum atomic E-state index is -0.979. The molecule has 0 bridgehead atoms. The predicted molar refractivity (Wildman–Crippen MR) is 98.4 cm³/mol. The number of benzene rings is 1. The molecule has 146 valence electrons. The van der Waals surface area contributed by atoms with E-state index in [4.69, 9.17) is 4.74 Å². The number of rotatable bonds is 5. The number of carboxylic acid groups (broad SMARTS) is 1. The van der Waals surface area contributed by atoms with Crippen molar-refractivity contribution < 1.29 is 24.2 Å². The number of likely N-dealkylation sites (tertiary alicyclic amines) is 1. The Balaban J connectivity index is 1.55. The van der Waals surface area contributed by atoms with Crippen LogP contribution in [0.25, 0.3) is 0 Å². The van der Waals surface area contributed by atoms with E-state index < -0.39 is 5.97 Å². The number of aryl methyl sites for hydroxylation is 1. The molecule has 2 heterocycles. The van der Waals surface area contributed by atoms with Gasteiger partial charge in [0.25, 0.3) is 0 Å². The first kappa shape index (κ1) is 19.4. The summed E-state index contributed by atoms with van der Waals surface area (Å²) in [5.41, 5.74) is 0.903. The zero-order valence-corrected chi connectivity index (χ0v) is 15.4. The number of aromatic carboxylic acids is 1. The van der Waals surface area contributed by atoms with Crippen molar-refractivity contribution >= 4 is 17.8 Å². The molecular formula is C20H26N2O5. The lowest BCUT2D eigenvalue weighted by molar-refractivity contribution is -0.144. The Labute approximate surface area is 158 Å². The van der Waals surface area contributed by atoms with E-state index in [1.807, 2.05) is 4.90 Å². The van der Waals surface area contributed by atoms with Gasteiger partial charge in [0.05, 0.1) is 24.7 Å². The summed E-state index contributed by atoms with van der Waals surface area (Å²) in [5.74, 6) is -1.03. The summed E-state index contributed by atoms with van der Waals surface area (Å²) in [4.78, 5) is 40.2. The number of amides is 2. The molecule has 0 radical (unpaired) electrons. The van der Waals surface area contributed by atoms with Crippen LogP contribution in [0.5, 0.6) is 0 Å². The molecule has 3 rings (SSSR count). The van der Waals surface area contributed by atoms with E-state index in [2.05, 4.69) is 0 Å². The molecule has 1 aromatic carbocycles. The lowest BCUT2D eigenvalue weighted by Crippen LogP contribution is -2.49. The van der Waals surface area contributed by atoms with E-state index in [1.54, 1.807) is 29.2 Å². The number of carbonyl (C=O) groups is 3. The standard InChI is InChI=1S/C20H26N2O5/c23-18(8-7-15-4-1-2-6-17(15)20(25)26)22-9-3-5-16(14-22)19(24)21-10-12-27-13-11-21/h1-2,4,6,16H,3,5,7-14H2,(H,25,26). The SMILES string of the molecule is O=C(O)c1ccccc1CCC(=O)N1CCCC(C(=O)N2CCOCC2)C1. The average Bonchev–Trinajstić information content (AvgIpc) is 2.72. The Hall–Kier alpha value is -2.41. The monoisotopic (exact) mass is 374 g/mol. The molecule has 0 spiro atoms. The second kappa shape index (κ2) is 8.99. The Morgan fingerprint density at radius 3 is 2.56 bits per heavy atom. The van der Waals surface area contributed by atoms with Gasteiger partial charge in [0.15, 0.2) is 0 Å². The number of carbonyl (C=O) groups excluding carboxylic acids is 2. The Morgan fingerprint density at radius 1 is 1.07 bits per heavy atom. The summed E-state index contributed by atoms with van der Waals surface area (Å²) >= 11 is 0. The van der Waals surface area contributed by atoms with Crippen LogP contribution in [0.2, 0.25) is 0 Å². The molecule has 1 aromatic rings. The molecule has 2 fully saturated rings. The minimum Gasteiger partial charge on any atom is -0.478 e. The first-order valence-electron chi connectivity index (χ1n) is 9.52. The largest absolute Gasteiger partial charge is 0.478 e. The quantitative estimate of drug-likeness (QED) is 0.842. The smallest absolute Gasteiger partial charge is 0.335 e. The van der Waals surface area contributed by atoms with Gasteiger partial charge in [-0.3, -0.25) is 9.59 Å². The summed E-state index contributed by atoms with van der Waals surface area (Å²) in [5, 5.41) is 9.25. The van der Waals surface area contributed by atoms with Crippen molar-refractivity contribution in [1.82, 2.24) is 9.80 Å². The molecule has 0 aromatic heterocycles. The van der Waals surface area contributed by atoms with Crippen LogP contribution >= 0.6 is 0 Å². The van der Waals surface area contributed by atoms with Crippen LogP contribution in [0.4, 0.5) is 0 Å². The topological polar surface area (TPSA) is 87.2 Å². The molecule has 7 nitrogen and oxygen atoms in total. The van der Waals surface area contributed by atoms with Gasteiger partial charge in [-0.15, -0.1) is 0 Å². The molecule has 1 atom stereocenters. The Kier molecular flexibility index (Phi) is 6.45. The van der Waals surface area contributed by atoms with E-state index in [0.29, 0.717) is 51.4 Å². The third-order valence-corrected chi connectivity index (χ3v) is 5.30. The fourth-order valence-corrected chi connectivity index (χ4v) is 3.79. The van der Waals surface area contributed by atoms with Crippen LogP contribution in [0.3, 0.4) is 0 Å². The summed E-state index contributed by atoms with van der Waals surface area (Å²) in [7, 11) is 0. The first-order valence-corrected chi connectivity index (χ1v) is 9.52. The number of hydrogen-bond acceptors (Lipinski definition) is 4. The van der Waals surface area contributed by atoms with Crippen LogP contribution in [0, 0.1) is 5.92 Å². The van der Waals surface area contributed by atoms with Crippen molar-refractivity contribution in [3.63, 3.8) is 0 Å². The highest BCUT2D eigenvalue weighted by molar-refractivity contribution is 5.89. The van der Waals surface area contributed by atoms with Crippen molar-refractivity contribution in [3.8, 4) is 0 Å². The maximum absolute atomic E-state index is 12.7. The van der Waals surface area contributed by atoms with Gasteiger partial charge in [0, 0.05) is 32.6 Å². The maximum atomic E-state index is 12.7. The van der Waals surface area contributed by atoms with Gasteiger partial charge in [-0.05, 0) is 30.9 Å². The predicted octanol–water partition coefficient (Wildman–Crippen LogP) is 1.41. The minimum absolute atomic E-state index is 0.0188. The average molecular weight is 374 g/mol. The highest BCUT2D eigenvalue weighted by atomic mass is 16.5. The molecule has 2 saturated heterocycles. The molecule has 27 heavy (non-hydrogen) atoms. The first-order chi connectivity index (χ1) is 13.1. The number of ether oxygens (including phenoxy) is 1. The molecule has 0 saturated carbocycles.